The van der Waals surface area contributed by atoms with Crippen LogP contribution in [0.15, 0.2) is 66.9 Å². The summed E-state index contributed by atoms with van der Waals surface area (Å²) in [6, 6.07) is 14.7. The summed E-state index contributed by atoms with van der Waals surface area (Å²) in [7, 11) is 1.32. The number of fused-ring (bicyclic) bond motifs is 2. The number of amides is 3. The minimum absolute atomic E-state index is 0.0136. The van der Waals surface area contributed by atoms with Gasteiger partial charge in [-0.2, -0.15) is 5.10 Å². The maximum atomic E-state index is 13.9. The van der Waals surface area contributed by atoms with Crippen molar-refractivity contribution in [3.05, 3.63) is 129 Å². The van der Waals surface area contributed by atoms with Crippen LogP contribution < -0.4 is 16.0 Å². The van der Waals surface area contributed by atoms with Gasteiger partial charge < -0.3 is 20.7 Å². The molecule has 0 unspecified atom stereocenters. The first-order valence-corrected chi connectivity index (χ1v) is 15.0. The molecule has 0 bridgehead atoms. The number of aryl methyl sites for hydroxylation is 1. The number of benzene rings is 3. The van der Waals surface area contributed by atoms with Crippen LogP contribution in [0.2, 0.25) is 0 Å². The fourth-order valence-corrected chi connectivity index (χ4v) is 5.82. The monoisotopic (exact) mass is 652 g/mol. The van der Waals surface area contributed by atoms with Crippen molar-refractivity contribution in [3.8, 4) is 0 Å². The molecule has 3 N–H and O–H groups in total. The van der Waals surface area contributed by atoms with Crippen molar-refractivity contribution in [2.75, 3.05) is 12.4 Å². The molecule has 244 valence electrons. The molecule has 1 aliphatic carbocycles. The van der Waals surface area contributed by atoms with E-state index in [-0.39, 0.29) is 29.1 Å². The van der Waals surface area contributed by atoms with Crippen LogP contribution in [0.5, 0.6) is 0 Å². The summed E-state index contributed by atoms with van der Waals surface area (Å²) < 4.78 is 33.2. The number of carbonyl (C=O) groups is 4. The zero-order valence-electron chi connectivity index (χ0n) is 26.2. The largest absolute Gasteiger partial charge is 0.465 e. The van der Waals surface area contributed by atoms with E-state index in [4.69, 9.17) is 4.74 Å². The van der Waals surface area contributed by atoms with Gasteiger partial charge in [0.05, 0.1) is 24.9 Å². The third-order valence-electron chi connectivity index (χ3n) is 8.42. The van der Waals surface area contributed by atoms with E-state index in [2.05, 4.69) is 26.0 Å². The maximum absolute atomic E-state index is 13.9. The predicted octanol–water partition coefficient (Wildman–Crippen LogP) is 5.01. The normalized spacial score (nSPS) is 13.6. The Bertz CT molecular complexity index is 2130. The molecule has 0 saturated carbocycles. The molecule has 48 heavy (non-hydrogen) atoms. The second-order valence-electron chi connectivity index (χ2n) is 11.4. The van der Waals surface area contributed by atoms with Gasteiger partial charge in [0.1, 0.15) is 17.0 Å². The van der Waals surface area contributed by atoms with Crippen LogP contribution in [0, 0.1) is 25.5 Å². The fourth-order valence-electron chi connectivity index (χ4n) is 5.82. The zero-order valence-corrected chi connectivity index (χ0v) is 26.2. The van der Waals surface area contributed by atoms with E-state index >= 15 is 0 Å². The van der Waals surface area contributed by atoms with Gasteiger partial charge in [-0.3, -0.25) is 14.4 Å². The minimum atomic E-state index is -1.06. The van der Waals surface area contributed by atoms with E-state index in [1.54, 1.807) is 24.3 Å². The lowest BCUT2D eigenvalue weighted by Crippen LogP contribution is -2.31. The summed E-state index contributed by atoms with van der Waals surface area (Å²) in [6.07, 6.45) is 2.44. The Morgan fingerprint density at radius 1 is 0.938 bits per heavy atom. The Morgan fingerprint density at radius 3 is 2.48 bits per heavy atom. The van der Waals surface area contributed by atoms with E-state index in [1.807, 2.05) is 26.0 Å². The summed E-state index contributed by atoms with van der Waals surface area (Å²) in [6.45, 7) is 3.51. The molecular formula is C35H30F2N6O5. The molecule has 5 aromatic rings. The van der Waals surface area contributed by atoms with Crippen molar-refractivity contribution in [1.29, 1.82) is 0 Å². The van der Waals surface area contributed by atoms with Gasteiger partial charge >= 0.3 is 5.97 Å². The smallest absolute Gasteiger partial charge is 0.338 e. The number of hydrogen-bond donors (Lipinski definition) is 3. The highest BCUT2D eigenvalue weighted by molar-refractivity contribution is 6.09. The number of aromatic nitrogens is 3. The number of methoxy groups -OCH3 is 1. The number of hydrogen-bond acceptors (Lipinski definition) is 7. The SMILES string of the molecule is COC(=O)c1ccc2c(c1C)CC[C@@H]2NC(=O)c1cc(C(=O)NCc2ccc(F)c(F)c2)nc2c(C(=O)Nc3ccccc3C)cnn12. The van der Waals surface area contributed by atoms with Crippen LogP contribution >= 0.6 is 0 Å². The fraction of sp³-hybridized carbons (Fsp3) is 0.200. The van der Waals surface area contributed by atoms with Crippen LogP contribution in [-0.2, 0) is 17.7 Å². The molecule has 2 aromatic heterocycles. The number of nitrogens with zero attached hydrogens (tertiary/aromatic N) is 3. The lowest BCUT2D eigenvalue weighted by Gasteiger charge is -2.16. The number of esters is 1. The Labute approximate surface area is 273 Å². The van der Waals surface area contributed by atoms with E-state index in [0.29, 0.717) is 29.7 Å². The van der Waals surface area contributed by atoms with Crippen molar-refractivity contribution in [2.45, 2.75) is 39.3 Å². The van der Waals surface area contributed by atoms with Crippen LogP contribution in [-0.4, -0.2) is 45.4 Å². The molecule has 6 rings (SSSR count). The van der Waals surface area contributed by atoms with Crippen LogP contribution in [0.4, 0.5) is 14.5 Å². The summed E-state index contributed by atoms with van der Waals surface area (Å²) in [5.74, 6) is -4.39. The van der Waals surface area contributed by atoms with Gasteiger partial charge in [0.15, 0.2) is 17.3 Å². The van der Waals surface area contributed by atoms with Crippen molar-refractivity contribution in [1.82, 2.24) is 25.2 Å². The first-order valence-electron chi connectivity index (χ1n) is 15.0. The highest BCUT2D eigenvalue weighted by Gasteiger charge is 2.30. The van der Waals surface area contributed by atoms with Crippen molar-refractivity contribution >= 4 is 35.0 Å². The molecule has 11 nitrogen and oxygen atoms in total. The van der Waals surface area contributed by atoms with Gasteiger partial charge in [0.2, 0.25) is 0 Å². The lowest BCUT2D eigenvalue weighted by molar-refractivity contribution is 0.0599. The average molecular weight is 653 g/mol. The number of halogens is 2. The van der Waals surface area contributed by atoms with Gasteiger partial charge in [-0.1, -0.05) is 30.3 Å². The van der Waals surface area contributed by atoms with Gasteiger partial charge in [-0.15, -0.1) is 0 Å². The average Bonchev–Trinajstić information content (AvgIpc) is 3.70. The second kappa shape index (κ2) is 13.0. The number of carbonyl (C=O) groups excluding carboxylic acids is 4. The number of anilines is 1. The summed E-state index contributed by atoms with van der Waals surface area (Å²) in [4.78, 5) is 57.2. The summed E-state index contributed by atoms with van der Waals surface area (Å²) in [5, 5.41) is 12.7. The van der Waals surface area contributed by atoms with E-state index in [9.17, 15) is 28.0 Å². The Balaban J connectivity index is 1.34. The van der Waals surface area contributed by atoms with Gasteiger partial charge in [-0.05, 0) is 78.8 Å². The van der Waals surface area contributed by atoms with E-state index in [1.165, 1.54) is 30.0 Å². The topological polar surface area (TPSA) is 144 Å². The Morgan fingerprint density at radius 2 is 1.73 bits per heavy atom. The molecule has 1 atom stereocenters. The molecule has 3 aromatic carbocycles. The summed E-state index contributed by atoms with van der Waals surface area (Å²) in [5.41, 5.74) is 4.40. The standard InChI is InChI=1S/C35H30F2N6O5/c1-18-6-4-5-7-27(18)41-32(44)24-17-39-43-30(15-29(40-31(24)43)33(45)38-16-20-8-12-25(36)26(37)14-20)34(46)42-28-13-11-21-19(2)22(35(47)48-3)9-10-23(21)28/h4-10,12,14-15,17,28H,11,13,16H2,1-3H3,(H,38,45)(H,41,44)(H,42,46)/t28-/m0/s1. The molecule has 3 amide bonds. The third kappa shape index (κ3) is 6.09. The van der Waals surface area contributed by atoms with E-state index < -0.39 is 41.4 Å². The highest BCUT2D eigenvalue weighted by atomic mass is 19.2. The van der Waals surface area contributed by atoms with Gasteiger partial charge in [0, 0.05) is 18.3 Å². The molecule has 0 radical (unpaired) electrons. The predicted molar refractivity (Wildman–Crippen MR) is 171 cm³/mol. The van der Waals surface area contributed by atoms with Crippen LogP contribution in [0.25, 0.3) is 5.65 Å². The molecule has 0 fully saturated rings. The van der Waals surface area contributed by atoms with Crippen LogP contribution in [0.1, 0.15) is 82.0 Å². The molecule has 2 heterocycles. The molecule has 13 heteroatoms. The Hall–Kier alpha value is -5.98. The Kier molecular flexibility index (Phi) is 8.68. The van der Waals surface area contributed by atoms with Gasteiger partial charge in [0.25, 0.3) is 17.7 Å². The zero-order chi connectivity index (χ0) is 34.1. The maximum Gasteiger partial charge on any atom is 0.338 e. The summed E-state index contributed by atoms with van der Waals surface area (Å²) >= 11 is 0. The quantitative estimate of drug-likeness (QED) is 0.200. The minimum Gasteiger partial charge on any atom is -0.465 e. The molecule has 0 aliphatic heterocycles. The number of para-hydroxylation sites is 1. The van der Waals surface area contributed by atoms with Crippen molar-refractivity contribution in [2.24, 2.45) is 0 Å². The first kappa shape index (κ1) is 32.0. The second-order valence-corrected chi connectivity index (χ2v) is 11.4. The number of ether oxygens (including phenoxy) is 1. The lowest BCUT2D eigenvalue weighted by atomic mass is 9.98. The van der Waals surface area contributed by atoms with E-state index in [0.717, 1.165) is 34.4 Å². The molecule has 1 aliphatic rings. The molecular weight excluding hydrogens is 622 g/mol. The van der Waals surface area contributed by atoms with Crippen LogP contribution in [0.3, 0.4) is 0 Å². The first-order chi connectivity index (χ1) is 23.0. The van der Waals surface area contributed by atoms with Gasteiger partial charge in [-0.25, -0.2) is 23.1 Å². The number of rotatable bonds is 8. The van der Waals surface area contributed by atoms with Crippen molar-refractivity contribution in [3.63, 3.8) is 0 Å². The van der Waals surface area contributed by atoms with Crippen molar-refractivity contribution < 1.29 is 32.7 Å². The third-order valence-corrected chi connectivity index (χ3v) is 8.42. The number of nitrogens with one attached hydrogen (secondary N) is 3. The molecule has 0 spiro atoms. The highest BCUT2D eigenvalue weighted by Crippen LogP contribution is 2.35. The molecule has 0 saturated heterocycles.